The van der Waals surface area contributed by atoms with Crippen LogP contribution in [-0.4, -0.2) is 46.5 Å². The standard InChI is InChI=1S/C11H17NO3.C7H12O2/c1-8(13)12-6-2-9(3-7-12)11(4-5-11)10(14)15;1-5-6(8)9-7(2,3)4/h9H,2-7H2,1H3,(H,14,15);5H,1H2,2-4H3. The predicted octanol–water partition coefficient (Wildman–Crippen LogP) is 2.62. The van der Waals surface area contributed by atoms with Crippen molar-refractivity contribution in [2.45, 2.75) is 59.0 Å². The number of likely N-dealkylation sites (tertiary alicyclic amines) is 1. The molecular formula is C18H29NO5. The van der Waals surface area contributed by atoms with E-state index in [1.54, 1.807) is 6.92 Å². The van der Waals surface area contributed by atoms with Gasteiger partial charge in [0.1, 0.15) is 5.60 Å². The van der Waals surface area contributed by atoms with E-state index in [-0.39, 0.29) is 17.8 Å². The number of esters is 1. The van der Waals surface area contributed by atoms with Crippen LogP contribution in [-0.2, 0) is 19.1 Å². The second-order valence-electron chi connectivity index (χ2n) is 7.48. The molecule has 0 aromatic heterocycles. The van der Waals surface area contributed by atoms with Gasteiger partial charge in [0.05, 0.1) is 5.41 Å². The lowest BCUT2D eigenvalue weighted by atomic mass is 9.81. The summed E-state index contributed by atoms with van der Waals surface area (Å²) in [7, 11) is 0. The highest BCUT2D eigenvalue weighted by Gasteiger charge is 2.56. The minimum atomic E-state index is -0.635. The molecule has 0 atom stereocenters. The quantitative estimate of drug-likeness (QED) is 0.631. The number of nitrogens with zero attached hydrogens (tertiary/aromatic N) is 1. The Bertz CT molecular complexity index is 494. The van der Waals surface area contributed by atoms with Crippen molar-refractivity contribution in [2.75, 3.05) is 13.1 Å². The van der Waals surface area contributed by atoms with Gasteiger partial charge in [-0.1, -0.05) is 6.58 Å². The molecule has 0 aromatic rings. The van der Waals surface area contributed by atoms with Crippen molar-refractivity contribution < 1.29 is 24.2 Å². The number of carbonyl (C=O) groups excluding carboxylic acids is 2. The van der Waals surface area contributed by atoms with Gasteiger partial charge in [-0.3, -0.25) is 9.59 Å². The number of piperidine rings is 1. The van der Waals surface area contributed by atoms with Crippen LogP contribution in [0.1, 0.15) is 53.4 Å². The molecule has 0 bridgehead atoms. The summed E-state index contributed by atoms with van der Waals surface area (Å²) in [6.07, 6.45) is 4.52. The number of rotatable bonds is 3. The third kappa shape index (κ3) is 5.65. The minimum Gasteiger partial charge on any atom is -0.481 e. The summed E-state index contributed by atoms with van der Waals surface area (Å²) in [5.41, 5.74) is -0.825. The van der Waals surface area contributed by atoms with Crippen LogP contribution in [0.3, 0.4) is 0 Å². The number of hydrogen-bond acceptors (Lipinski definition) is 4. The van der Waals surface area contributed by atoms with Crippen LogP contribution in [0.2, 0.25) is 0 Å². The molecule has 1 saturated heterocycles. The Hall–Kier alpha value is -1.85. The Morgan fingerprint density at radius 2 is 1.71 bits per heavy atom. The van der Waals surface area contributed by atoms with E-state index in [0.717, 1.165) is 44.8 Å². The lowest BCUT2D eigenvalue weighted by Crippen LogP contribution is -2.41. The lowest BCUT2D eigenvalue weighted by molar-refractivity contribution is -0.149. The van der Waals surface area contributed by atoms with Crippen molar-refractivity contribution >= 4 is 17.8 Å². The van der Waals surface area contributed by atoms with E-state index < -0.39 is 17.0 Å². The van der Waals surface area contributed by atoms with Crippen LogP contribution < -0.4 is 0 Å². The first-order chi connectivity index (χ1) is 11.0. The molecule has 1 amide bonds. The van der Waals surface area contributed by atoms with Crippen LogP contribution in [0.15, 0.2) is 12.7 Å². The van der Waals surface area contributed by atoms with Gasteiger partial charge in [-0.2, -0.15) is 0 Å². The number of carbonyl (C=O) groups is 3. The first kappa shape index (κ1) is 20.2. The molecule has 0 aromatic carbocycles. The number of ether oxygens (including phenoxy) is 1. The fourth-order valence-corrected chi connectivity index (χ4v) is 3.02. The fraction of sp³-hybridized carbons (Fsp3) is 0.722. The molecule has 2 rings (SSSR count). The van der Waals surface area contributed by atoms with Gasteiger partial charge in [0, 0.05) is 26.1 Å². The molecule has 1 aliphatic carbocycles. The average molecular weight is 339 g/mol. The van der Waals surface area contributed by atoms with E-state index in [1.807, 2.05) is 25.7 Å². The number of hydrogen-bond donors (Lipinski definition) is 1. The monoisotopic (exact) mass is 339 g/mol. The van der Waals surface area contributed by atoms with Gasteiger partial charge < -0.3 is 14.7 Å². The predicted molar refractivity (Wildman–Crippen MR) is 90.3 cm³/mol. The third-order valence-corrected chi connectivity index (χ3v) is 4.51. The van der Waals surface area contributed by atoms with E-state index >= 15 is 0 Å². The SMILES string of the molecule is C=CC(=O)OC(C)(C)C.CC(=O)N1CCC(C2(C(=O)O)CC2)CC1. The van der Waals surface area contributed by atoms with Gasteiger partial charge in [-0.05, 0) is 52.4 Å². The maximum atomic E-state index is 11.1. The van der Waals surface area contributed by atoms with Crippen LogP contribution in [0.5, 0.6) is 0 Å². The van der Waals surface area contributed by atoms with Crippen molar-refractivity contribution in [2.24, 2.45) is 11.3 Å². The molecule has 2 aliphatic rings. The molecular weight excluding hydrogens is 310 g/mol. The molecule has 136 valence electrons. The first-order valence-electron chi connectivity index (χ1n) is 8.36. The zero-order valence-electron chi connectivity index (χ0n) is 15.1. The highest BCUT2D eigenvalue weighted by molar-refractivity contribution is 5.81. The van der Waals surface area contributed by atoms with Gasteiger partial charge >= 0.3 is 11.9 Å². The molecule has 24 heavy (non-hydrogen) atoms. The summed E-state index contributed by atoms with van der Waals surface area (Å²) in [6.45, 7) is 11.7. The van der Waals surface area contributed by atoms with Crippen molar-refractivity contribution in [1.82, 2.24) is 4.90 Å². The van der Waals surface area contributed by atoms with E-state index in [2.05, 4.69) is 6.58 Å². The number of carboxylic acid groups (broad SMARTS) is 1. The van der Waals surface area contributed by atoms with Crippen molar-refractivity contribution in [1.29, 1.82) is 0 Å². The summed E-state index contributed by atoms with van der Waals surface area (Å²) in [5.74, 6) is -0.620. The molecule has 1 aliphatic heterocycles. The van der Waals surface area contributed by atoms with Gasteiger partial charge in [0.25, 0.3) is 0 Å². The number of carboxylic acids is 1. The fourth-order valence-electron chi connectivity index (χ4n) is 3.02. The molecule has 6 nitrogen and oxygen atoms in total. The molecule has 0 radical (unpaired) electrons. The maximum Gasteiger partial charge on any atom is 0.330 e. The molecule has 0 unspecified atom stereocenters. The normalized spacial score (nSPS) is 19.6. The zero-order valence-corrected chi connectivity index (χ0v) is 15.1. The summed E-state index contributed by atoms with van der Waals surface area (Å²) < 4.78 is 4.83. The minimum absolute atomic E-state index is 0.105. The van der Waals surface area contributed by atoms with Gasteiger partial charge in [0.15, 0.2) is 0 Å². The number of amides is 1. The summed E-state index contributed by atoms with van der Waals surface area (Å²) in [5, 5.41) is 9.15. The largest absolute Gasteiger partial charge is 0.481 e. The molecule has 6 heteroatoms. The Morgan fingerprint density at radius 3 is 1.96 bits per heavy atom. The maximum absolute atomic E-state index is 11.1. The van der Waals surface area contributed by atoms with Crippen molar-refractivity contribution in [3.63, 3.8) is 0 Å². The molecule has 1 heterocycles. The smallest absolute Gasteiger partial charge is 0.330 e. The van der Waals surface area contributed by atoms with E-state index in [4.69, 9.17) is 9.84 Å². The third-order valence-electron chi connectivity index (χ3n) is 4.51. The lowest BCUT2D eigenvalue weighted by Gasteiger charge is -2.34. The Morgan fingerprint density at radius 1 is 1.21 bits per heavy atom. The summed E-state index contributed by atoms with van der Waals surface area (Å²) in [6, 6.07) is 0. The van der Waals surface area contributed by atoms with Crippen LogP contribution in [0.25, 0.3) is 0 Å². The first-order valence-corrected chi connectivity index (χ1v) is 8.36. The molecule has 1 N–H and O–H groups in total. The highest BCUT2D eigenvalue weighted by Crippen LogP contribution is 2.55. The zero-order chi connectivity index (χ0) is 18.5. The highest BCUT2D eigenvalue weighted by atomic mass is 16.6. The Labute approximate surface area is 143 Å². The van der Waals surface area contributed by atoms with E-state index in [9.17, 15) is 14.4 Å². The molecule has 2 fully saturated rings. The van der Waals surface area contributed by atoms with Crippen LogP contribution >= 0.6 is 0 Å². The summed E-state index contributed by atoms with van der Waals surface area (Å²) >= 11 is 0. The van der Waals surface area contributed by atoms with E-state index in [0.29, 0.717) is 0 Å². The Balaban J connectivity index is 0.000000277. The topological polar surface area (TPSA) is 83.9 Å². The Kier molecular flexibility index (Phi) is 6.58. The van der Waals surface area contributed by atoms with Crippen LogP contribution in [0, 0.1) is 11.3 Å². The van der Waals surface area contributed by atoms with Crippen molar-refractivity contribution in [3.05, 3.63) is 12.7 Å². The molecule has 0 spiro atoms. The van der Waals surface area contributed by atoms with Gasteiger partial charge in [0.2, 0.25) is 5.91 Å². The van der Waals surface area contributed by atoms with Crippen molar-refractivity contribution in [3.8, 4) is 0 Å². The van der Waals surface area contributed by atoms with Gasteiger partial charge in [-0.25, -0.2) is 4.79 Å². The average Bonchev–Trinajstić information content (AvgIpc) is 3.28. The second-order valence-corrected chi connectivity index (χ2v) is 7.48. The summed E-state index contributed by atoms with van der Waals surface area (Å²) in [4.78, 5) is 34.5. The van der Waals surface area contributed by atoms with Crippen LogP contribution in [0.4, 0.5) is 0 Å². The van der Waals surface area contributed by atoms with E-state index in [1.165, 1.54) is 0 Å². The molecule has 1 saturated carbocycles. The second kappa shape index (κ2) is 7.81. The van der Waals surface area contributed by atoms with Gasteiger partial charge in [-0.15, -0.1) is 0 Å². The number of aliphatic carboxylic acids is 1.